The second kappa shape index (κ2) is 7.28. The maximum atomic E-state index is 12.9. The molecule has 23 heavy (non-hydrogen) atoms. The van der Waals surface area contributed by atoms with Crippen LogP contribution in [0, 0.1) is 19.7 Å². The Balaban J connectivity index is 1.92. The molecule has 0 bridgehead atoms. The van der Waals surface area contributed by atoms with Crippen molar-refractivity contribution in [3.8, 4) is 5.75 Å². The van der Waals surface area contributed by atoms with Gasteiger partial charge in [0.25, 0.3) is 11.5 Å². The van der Waals surface area contributed by atoms with E-state index >= 15 is 0 Å². The number of aryl methyl sites for hydroxylation is 2. The summed E-state index contributed by atoms with van der Waals surface area (Å²) in [7, 11) is 0. The molecule has 0 radical (unpaired) electrons. The Morgan fingerprint density at radius 1 is 1.35 bits per heavy atom. The minimum atomic E-state index is -0.485. The van der Waals surface area contributed by atoms with Gasteiger partial charge in [-0.2, -0.15) is 0 Å². The Morgan fingerprint density at radius 3 is 2.74 bits per heavy atom. The molecule has 0 saturated carbocycles. The molecule has 0 fully saturated rings. The number of benzene rings is 1. The molecule has 0 atom stereocenters. The third kappa shape index (κ3) is 4.56. The lowest BCUT2D eigenvalue weighted by Crippen LogP contribution is -2.31. The van der Waals surface area contributed by atoms with Crippen LogP contribution < -0.4 is 15.6 Å². The lowest BCUT2D eigenvalue weighted by Gasteiger charge is -2.10. The van der Waals surface area contributed by atoms with Crippen LogP contribution in [0.1, 0.15) is 16.8 Å². The van der Waals surface area contributed by atoms with Crippen LogP contribution in [0.5, 0.6) is 5.75 Å². The molecule has 1 heterocycles. The third-order valence-corrected chi connectivity index (χ3v) is 3.50. The second-order valence-corrected chi connectivity index (χ2v) is 5.49. The summed E-state index contributed by atoms with van der Waals surface area (Å²) in [6, 6.07) is 5.47. The molecule has 7 heteroatoms. The first-order valence-electron chi connectivity index (χ1n) is 6.91. The quantitative estimate of drug-likeness (QED) is 0.879. The van der Waals surface area contributed by atoms with Crippen molar-refractivity contribution in [2.45, 2.75) is 20.4 Å². The van der Waals surface area contributed by atoms with Gasteiger partial charge in [-0.05, 0) is 43.7 Å². The van der Waals surface area contributed by atoms with Crippen LogP contribution in [0.2, 0.25) is 5.02 Å². The number of hydrogen-bond acceptors (Lipinski definition) is 3. The number of ether oxygens (including phenoxy) is 1. The standard InChI is InChI=1S/C16H16ClFN2O3/c1-9-5-10(2)20-16(22)12(9)7-19-15(21)8-23-14-4-3-11(18)6-13(14)17/h3-6H,7-8H2,1-2H3,(H,19,21)(H,20,22). The van der Waals surface area contributed by atoms with Crippen LogP contribution in [0.15, 0.2) is 29.1 Å². The predicted octanol–water partition coefficient (Wildman–Crippen LogP) is 2.48. The van der Waals surface area contributed by atoms with Gasteiger partial charge in [0.2, 0.25) is 0 Å². The first-order valence-corrected chi connectivity index (χ1v) is 7.28. The molecule has 0 unspecified atom stereocenters. The summed E-state index contributed by atoms with van der Waals surface area (Å²) in [6.45, 7) is 3.41. The molecule has 1 aromatic heterocycles. The molecule has 122 valence electrons. The Bertz CT molecular complexity index is 789. The van der Waals surface area contributed by atoms with Crippen molar-refractivity contribution in [1.29, 1.82) is 0 Å². The van der Waals surface area contributed by atoms with Gasteiger partial charge < -0.3 is 15.0 Å². The fraction of sp³-hybridized carbons (Fsp3) is 0.250. The lowest BCUT2D eigenvalue weighted by molar-refractivity contribution is -0.123. The van der Waals surface area contributed by atoms with Crippen molar-refractivity contribution in [3.63, 3.8) is 0 Å². The van der Waals surface area contributed by atoms with Crippen molar-refractivity contribution in [1.82, 2.24) is 10.3 Å². The molecule has 1 aromatic carbocycles. The van der Waals surface area contributed by atoms with Gasteiger partial charge in [-0.25, -0.2) is 4.39 Å². The highest BCUT2D eigenvalue weighted by atomic mass is 35.5. The van der Waals surface area contributed by atoms with E-state index in [1.54, 1.807) is 13.8 Å². The van der Waals surface area contributed by atoms with Gasteiger partial charge in [0.05, 0.1) is 5.02 Å². The summed E-state index contributed by atoms with van der Waals surface area (Å²) >= 11 is 5.80. The topological polar surface area (TPSA) is 71.2 Å². The predicted molar refractivity (Wildman–Crippen MR) is 85.3 cm³/mol. The first-order chi connectivity index (χ1) is 10.9. The molecule has 2 N–H and O–H groups in total. The molecule has 0 aliphatic carbocycles. The zero-order chi connectivity index (χ0) is 17.0. The van der Waals surface area contributed by atoms with E-state index in [0.29, 0.717) is 5.56 Å². The van der Waals surface area contributed by atoms with E-state index in [9.17, 15) is 14.0 Å². The highest BCUT2D eigenvalue weighted by Crippen LogP contribution is 2.24. The molecule has 5 nitrogen and oxygen atoms in total. The van der Waals surface area contributed by atoms with E-state index in [2.05, 4.69) is 10.3 Å². The Kier molecular flexibility index (Phi) is 5.39. The Hall–Kier alpha value is -2.34. The third-order valence-electron chi connectivity index (χ3n) is 3.21. The summed E-state index contributed by atoms with van der Waals surface area (Å²) in [5, 5.41) is 2.69. The van der Waals surface area contributed by atoms with Crippen molar-refractivity contribution in [2.24, 2.45) is 0 Å². The van der Waals surface area contributed by atoms with Gasteiger partial charge in [0.15, 0.2) is 6.61 Å². The summed E-state index contributed by atoms with van der Waals surface area (Å²) in [5.41, 5.74) is 1.82. The zero-order valence-corrected chi connectivity index (χ0v) is 13.5. The number of carbonyl (C=O) groups is 1. The fourth-order valence-electron chi connectivity index (χ4n) is 2.07. The van der Waals surface area contributed by atoms with E-state index in [1.807, 2.05) is 6.07 Å². The average Bonchev–Trinajstić information content (AvgIpc) is 2.45. The van der Waals surface area contributed by atoms with E-state index in [-0.39, 0.29) is 29.5 Å². The monoisotopic (exact) mass is 338 g/mol. The maximum Gasteiger partial charge on any atom is 0.258 e. The Morgan fingerprint density at radius 2 is 2.09 bits per heavy atom. The van der Waals surface area contributed by atoms with E-state index in [4.69, 9.17) is 16.3 Å². The van der Waals surface area contributed by atoms with Crippen molar-refractivity contribution in [3.05, 3.63) is 62.3 Å². The normalized spacial score (nSPS) is 10.4. The van der Waals surface area contributed by atoms with Crippen LogP contribution in [0.4, 0.5) is 4.39 Å². The summed E-state index contributed by atoms with van der Waals surface area (Å²) in [5.74, 6) is -0.682. The van der Waals surface area contributed by atoms with Gasteiger partial charge in [0, 0.05) is 17.8 Å². The number of hydrogen-bond donors (Lipinski definition) is 2. The number of rotatable bonds is 5. The fourth-order valence-corrected chi connectivity index (χ4v) is 2.30. The largest absolute Gasteiger partial charge is 0.482 e. The number of halogens is 2. The van der Waals surface area contributed by atoms with Crippen LogP contribution >= 0.6 is 11.6 Å². The smallest absolute Gasteiger partial charge is 0.258 e. The highest BCUT2D eigenvalue weighted by molar-refractivity contribution is 6.32. The number of nitrogens with one attached hydrogen (secondary N) is 2. The molecule has 0 aliphatic rings. The van der Waals surface area contributed by atoms with Gasteiger partial charge in [0.1, 0.15) is 11.6 Å². The van der Waals surface area contributed by atoms with Crippen LogP contribution in [-0.4, -0.2) is 17.5 Å². The number of aromatic nitrogens is 1. The van der Waals surface area contributed by atoms with E-state index in [1.165, 1.54) is 12.1 Å². The highest BCUT2D eigenvalue weighted by Gasteiger charge is 2.09. The molecule has 0 saturated heterocycles. The van der Waals surface area contributed by atoms with Crippen LogP contribution in [0.25, 0.3) is 0 Å². The van der Waals surface area contributed by atoms with Crippen molar-refractivity contribution >= 4 is 17.5 Å². The molecule has 0 aliphatic heterocycles. The number of H-pyrrole nitrogens is 1. The van der Waals surface area contributed by atoms with Gasteiger partial charge in [-0.15, -0.1) is 0 Å². The maximum absolute atomic E-state index is 12.9. The van der Waals surface area contributed by atoms with Crippen LogP contribution in [0.3, 0.4) is 0 Å². The number of pyridine rings is 1. The first kappa shape index (κ1) is 17.0. The van der Waals surface area contributed by atoms with Gasteiger partial charge in [-0.1, -0.05) is 11.6 Å². The number of amides is 1. The lowest BCUT2D eigenvalue weighted by atomic mass is 10.1. The molecule has 1 amide bonds. The second-order valence-electron chi connectivity index (χ2n) is 5.08. The van der Waals surface area contributed by atoms with E-state index in [0.717, 1.165) is 17.3 Å². The van der Waals surface area contributed by atoms with Gasteiger partial charge >= 0.3 is 0 Å². The molecular formula is C16H16ClFN2O3. The minimum absolute atomic E-state index is 0.0867. The van der Waals surface area contributed by atoms with Crippen molar-refractivity contribution < 1.29 is 13.9 Å². The molecule has 2 aromatic rings. The Labute approximate surface area is 137 Å². The summed E-state index contributed by atoms with van der Waals surface area (Å²) in [4.78, 5) is 26.3. The average molecular weight is 339 g/mol. The number of aromatic amines is 1. The molecule has 0 spiro atoms. The summed E-state index contributed by atoms with van der Waals surface area (Å²) in [6.07, 6.45) is 0. The minimum Gasteiger partial charge on any atom is -0.482 e. The van der Waals surface area contributed by atoms with Crippen LogP contribution in [-0.2, 0) is 11.3 Å². The zero-order valence-electron chi connectivity index (χ0n) is 12.7. The molecule has 2 rings (SSSR count). The van der Waals surface area contributed by atoms with E-state index < -0.39 is 11.7 Å². The van der Waals surface area contributed by atoms with Crippen molar-refractivity contribution in [2.75, 3.05) is 6.61 Å². The number of carbonyl (C=O) groups excluding carboxylic acids is 1. The van der Waals surface area contributed by atoms with Gasteiger partial charge in [-0.3, -0.25) is 9.59 Å². The SMILES string of the molecule is Cc1cc(C)c(CNC(=O)COc2ccc(F)cc2Cl)c(=O)[nH]1. The molecular weight excluding hydrogens is 323 g/mol. The summed E-state index contributed by atoms with van der Waals surface area (Å²) < 4.78 is 18.1.